The van der Waals surface area contributed by atoms with Crippen LogP contribution in [0.1, 0.15) is 18.4 Å². The lowest BCUT2D eigenvalue weighted by Crippen LogP contribution is -2.23. The monoisotopic (exact) mass is 303 g/mol. The van der Waals surface area contributed by atoms with Crippen molar-refractivity contribution in [2.75, 3.05) is 6.54 Å². The van der Waals surface area contributed by atoms with Gasteiger partial charge in [-0.05, 0) is 30.7 Å². The van der Waals surface area contributed by atoms with Gasteiger partial charge in [0.1, 0.15) is 11.6 Å². The molecule has 3 N–H and O–H groups in total. The number of pyridine rings is 1. The molecule has 0 aliphatic rings. The number of amides is 1. The third-order valence-electron chi connectivity index (χ3n) is 2.91. The van der Waals surface area contributed by atoms with E-state index in [0.29, 0.717) is 37.6 Å². The maximum atomic E-state index is 13.1. The Labute approximate surface area is 128 Å². The highest BCUT2D eigenvalue weighted by Gasteiger charge is 2.03. The van der Waals surface area contributed by atoms with E-state index >= 15 is 0 Å². The number of ether oxygens (including phenoxy) is 1. The van der Waals surface area contributed by atoms with E-state index in [1.165, 1.54) is 12.1 Å². The minimum Gasteiger partial charge on any atom is -0.439 e. The van der Waals surface area contributed by atoms with Crippen molar-refractivity contribution in [3.8, 4) is 11.6 Å². The first-order valence-electron chi connectivity index (χ1n) is 7.02. The summed E-state index contributed by atoms with van der Waals surface area (Å²) >= 11 is 0. The second-order valence-corrected chi connectivity index (χ2v) is 4.73. The molecule has 1 aromatic heterocycles. The lowest BCUT2D eigenvalue weighted by molar-refractivity contribution is -0.121. The van der Waals surface area contributed by atoms with Crippen LogP contribution in [0.2, 0.25) is 0 Å². The first-order valence-corrected chi connectivity index (χ1v) is 7.02. The second kappa shape index (κ2) is 8.09. The number of aromatic nitrogens is 1. The lowest BCUT2D eigenvalue weighted by atomic mass is 10.2. The van der Waals surface area contributed by atoms with Crippen molar-refractivity contribution in [1.29, 1.82) is 0 Å². The van der Waals surface area contributed by atoms with Crippen molar-refractivity contribution in [3.05, 3.63) is 54.0 Å². The molecule has 6 heteroatoms. The molecule has 1 heterocycles. The van der Waals surface area contributed by atoms with Gasteiger partial charge in [-0.2, -0.15) is 0 Å². The number of nitrogens with two attached hydrogens (primary N) is 1. The van der Waals surface area contributed by atoms with Gasteiger partial charge in [0.05, 0.1) is 0 Å². The van der Waals surface area contributed by atoms with Gasteiger partial charge in [0.25, 0.3) is 0 Å². The average Bonchev–Trinajstić information content (AvgIpc) is 2.52. The topological polar surface area (TPSA) is 77.2 Å². The van der Waals surface area contributed by atoms with E-state index in [1.54, 1.807) is 30.5 Å². The Bertz CT molecular complexity index is 617. The Hall–Kier alpha value is -2.47. The van der Waals surface area contributed by atoms with Gasteiger partial charge >= 0.3 is 0 Å². The van der Waals surface area contributed by atoms with Gasteiger partial charge < -0.3 is 15.8 Å². The van der Waals surface area contributed by atoms with Gasteiger partial charge in [-0.25, -0.2) is 9.37 Å². The largest absolute Gasteiger partial charge is 0.439 e. The zero-order chi connectivity index (χ0) is 15.8. The first kappa shape index (κ1) is 15.9. The number of nitrogens with zero attached hydrogens (tertiary/aromatic N) is 1. The van der Waals surface area contributed by atoms with Crippen molar-refractivity contribution in [2.45, 2.75) is 19.4 Å². The van der Waals surface area contributed by atoms with Crippen LogP contribution in [0.3, 0.4) is 0 Å². The second-order valence-electron chi connectivity index (χ2n) is 4.73. The normalized spacial score (nSPS) is 10.3. The molecule has 0 atom stereocenters. The fourth-order valence-electron chi connectivity index (χ4n) is 1.78. The van der Waals surface area contributed by atoms with Crippen molar-refractivity contribution < 1.29 is 13.9 Å². The van der Waals surface area contributed by atoms with Crippen LogP contribution in [0.25, 0.3) is 0 Å². The maximum absolute atomic E-state index is 13.1. The third-order valence-corrected chi connectivity index (χ3v) is 2.91. The van der Waals surface area contributed by atoms with Crippen molar-refractivity contribution in [1.82, 2.24) is 10.3 Å². The van der Waals surface area contributed by atoms with Gasteiger partial charge in [0, 0.05) is 31.3 Å². The fourth-order valence-corrected chi connectivity index (χ4v) is 1.78. The number of hydrogen-bond donors (Lipinski definition) is 2. The smallest absolute Gasteiger partial charge is 0.220 e. The van der Waals surface area contributed by atoms with Gasteiger partial charge in [-0.3, -0.25) is 4.79 Å². The Balaban J connectivity index is 1.86. The predicted octanol–water partition coefficient (Wildman–Crippen LogP) is 2.37. The van der Waals surface area contributed by atoms with Crippen molar-refractivity contribution >= 4 is 5.91 Å². The van der Waals surface area contributed by atoms with Crippen LogP contribution in [0.15, 0.2) is 42.6 Å². The number of rotatable bonds is 7. The van der Waals surface area contributed by atoms with Crippen LogP contribution in [-0.4, -0.2) is 17.4 Å². The highest BCUT2D eigenvalue weighted by atomic mass is 19.1. The van der Waals surface area contributed by atoms with Crippen LogP contribution in [-0.2, 0) is 11.3 Å². The van der Waals surface area contributed by atoms with Gasteiger partial charge in [0.15, 0.2) is 0 Å². The summed E-state index contributed by atoms with van der Waals surface area (Å²) in [5.74, 6) is 0.346. The third kappa shape index (κ3) is 5.14. The van der Waals surface area contributed by atoms with Gasteiger partial charge in [-0.1, -0.05) is 12.1 Å². The van der Waals surface area contributed by atoms with Crippen LogP contribution in [0.4, 0.5) is 4.39 Å². The summed E-state index contributed by atoms with van der Waals surface area (Å²) in [6.07, 6.45) is 2.70. The predicted molar refractivity (Wildman–Crippen MR) is 80.8 cm³/mol. The molecule has 116 valence electrons. The van der Waals surface area contributed by atoms with Gasteiger partial charge in [-0.15, -0.1) is 0 Å². The molecule has 0 unspecified atom stereocenters. The van der Waals surface area contributed by atoms with E-state index in [4.69, 9.17) is 10.5 Å². The molecular weight excluding hydrogens is 285 g/mol. The molecular formula is C16H18FN3O2. The van der Waals surface area contributed by atoms with Crippen LogP contribution < -0.4 is 15.8 Å². The zero-order valence-electron chi connectivity index (χ0n) is 12.1. The number of hydrogen-bond acceptors (Lipinski definition) is 4. The molecule has 1 aromatic carbocycles. The molecule has 0 bridgehead atoms. The zero-order valence-corrected chi connectivity index (χ0v) is 12.1. The summed E-state index contributed by atoms with van der Waals surface area (Å²) < 4.78 is 18.5. The number of benzene rings is 1. The fraction of sp³-hybridized carbons (Fsp3) is 0.250. The van der Waals surface area contributed by atoms with E-state index in [9.17, 15) is 9.18 Å². The summed E-state index contributed by atoms with van der Waals surface area (Å²) in [5.41, 5.74) is 6.20. The van der Waals surface area contributed by atoms with E-state index < -0.39 is 0 Å². The Morgan fingerprint density at radius 1 is 1.32 bits per heavy atom. The molecule has 0 saturated carbocycles. The lowest BCUT2D eigenvalue weighted by Gasteiger charge is -2.07. The van der Waals surface area contributed by atoms with E-state index in [2.05, 4.69) is 10.3 Å². The SMILES string of the molecule is NCCCC(=O)NCc1ccc(Oc2cccc(F)c2)nc1. The summed E-state index contributed by atoms with van der Waals surface area (Å²) in [6, 6.07) is 9.31. The molecule has 0 radical (unpaired) electrons. The van der Waals surface area contributed by atoms with Crippen LogP contribution in [0.5, 0.6) is 11.6 Å². The van der Waals surface area contributed by atoms with E-state index in [0.717, 1.165) is 5.56 Å². The standard InChI is InChI=1S/C16H18FN3O2/c17-13-3-1-4-14(9-13)22-16-7-6-12(11-20-16)10-19-15(21)5-2-8-18/h1,3-4,6-7,9,11H,2,5,8,10,18H2,(H,19,21). The molecule has 0 spiro atoms. The minimum atomic E-state index is -0.366. The van der Waals surface area contributed by atoms with E-state index in [-0.39, 0.29) is 11.7 Å². The average molecular weight is 303 g/mol. The van der Waals surface area contributed by atoms with E-state index in [1.807, 2.05) is 0 Å². The van der Waals surface area contributed by atoms with Crippen LogP contribution >= 0.6 is 0 Å². The Morgan fingerprint density at radius 2 is 2.18 bits per heavy atom. The molecule has 0 fully saturated rings. The molecule has 2 aromatic rings. The highest BCUT2D eigenvalue weighted by Crippen LogP contribution is 2.19. The molecule has 2 rings (SSSR count). The summed E-state index contributed by atoms with van der Waals surface area (Å²) in [6.45, 7) is 0.901. The number of nitrogens with one attached hydrogen (secondary N) is 1. The molecule has 22 heavy (non-hydrogen) atoms. The van der Waals surface area contributed by atoms with Gasteiger partial charge in [0.2, 0.25) is 11.8 Å². The number of carbonyl (C=O) groups excluding carboxylic acids is 1. The van der Waals surface area contributed by atoms with Crippen molar-refractivity contribution in [2.24, 2.45) is 5.73 Å². The summed E-state index contributed by atoms with van der Waals surface area (Å²) in [7, 11) is 0. The Kier molecular flexibility index (Phi) is 5.85. The molecule has 5 nitrogen and oxygen atoms in total. The number of halogens is 1. The molecule has 0 aliphatic carbocycles. The molecule has 1 amide bonds. The summed E-state index contributed by atoms with van der Waals surface area (Å²) in [5, 5.41) is 2.79. The summed E-state index contributed by atoms with van der Waals surface area (Å²) in [4.78, 5) is 15.6. The van der Waals surface area contributed by atoms with Crippen molar-refractivity contribution in [3.63, 3.8) is 0 Å². The molecule has 0 aliphatic heterocycles. The van der Waals surface area contributed by atoms with Crippen LogP contribution in [0, 0.1) is 5.82 Å². The quantitative estimate of drug-likeness (QED) is 0.823. The number of carbonyl (C=O) groups is 1. The highest BCUT2D eigenvalue weighted by molar-refractivity contribution is 5.75. The maximum Gasteiger partial charge on any atom is 0.220 e. The first-order chi connectivity index (χ1) is 10.7. The molecule has 0 saturated heterocycles. The minimum absolute atomic E-state index is 0.0365. The Morgan fingerprint density at radius 3 is 2.86 bits per heavy atom.